The fourth-order valence-electron chi connectivity index (χ4n) is 3.20. The van der Waals surface area contributed by atoms with E-state index in [4.69, 9.17) is 21.1 Å². The van der Waals surface area contributed by atoms with Crippen molar-refractivity contribution in [3.63, 3.8) is 0 Å². The van der Waals surface area contributed by atoms with Crippen LogP contribution in [0, 0.1) is 17.2 Å². The van der Waals surface area contributed by atoms with Gasteiger partial charge >= 0.3 is 5.97 Å². The number of thioether (sulfide) groups is 1. The summed E-state index contributed by atoms with van der Waals surface area (Å²) < 4.78 is 10.5. The van der Waals surface area contributed by atoms with E-state index in [1.165, 1.54) is 18.9 Å². The van der Waals surface area contributed by atoms with Crippen molar-refractivity contribution in [3.8, 4) is 11.8 Å². The first-order valence-electron chi connectivity index (χ1n) is 9.14. The molecule has 154 valence electrons. The Hall–Kier alpha value is -2.95. The number of nitrogens with zero attached hydrogens (tertiary/aromatic N) is 1. The number of allylic oxidation sites excluding steroid dienone is 1. The minimum absolute atomic E-state index is 0.318. The molecular formula is C22H19ClN2O4S. The van der Waals surface area contributed by atoms with Crippen LogP contribution in [0.1, 0.15) is 11.5 Å². The summed E-state index contributed by atoms with van der Waals surface area (Å²) in [5.41, 5.74) is 1.02. The van der Waals surface area contributed by atoms with E-state index in [1.54, 1.807) is 36.4 Å². The van der Waals surface area contributed by atoms with E-state index in [0.29, 0.717) is 39.3 Å². The molecule has 1 N–H and O–H groups in total. The molecule has 0 bridgehead atoms. The summed E-state index contributed by atoms with van der Waals surface area (Å²) in [6.07, 6.45) is 0. The number of amides is 1. The zero-order chi connectivity index (χ0) is 21.5. The van der Waals surface area contributed by atoms with Crippen LogP contribution in [0.2, 0.25) is 5.02 Å². The molecule has 0 spiro atoms. The zero-order valence-corrected chi connectivity index (χ0v) is 17.7. The van der Waals surface area contributed by atoms with Crippen LogP contribution in [0.5, 0.6) is 5.75 Å². The van der Waals surface area contributed by atoms with Gasteiger partial charge in [-0.2, -0.15) is 5.26 Å². The third-order valence-corrected chi connectivity index (χ3v) is 5.86. The number of halogens is 1. The maximum Gasteiger partial charge on any atom is 0.319 e. The van der Waals surface area contributed by atoms with Gasteiger partial charge < -0.3 is 14.8 Å². The average Bonchev–Trinajstić information content (AvgIpc) is 2.77. The number of hydrogen-bond donors (Lipinski definition) is 1. The standard InChI is InChI=1S/C22H19ClN2O4S/c1-28-22(27)19-18(14-7-3-2-4-8-14)15(13-24)21(25-20(19)26)30-12-11-29-17-10-6-5-9-16(17)23/h2-10,18-19H,11-12H2,1H3,(H,25,26)/t18-,19+/m1/s1. The Bertz CT molecular complexity index is 1000. The van der Waals surface area contributed by atoms with Crippen molar-refractivity contribution in [2.24, 2.45) is 5.92 Å². The first-order chi connectivity index (χ1) is 14.6. The fourth-order valence-corrected chi connectivity index (χ4v) is 4.26. The number of benzene rings is 2. The van der Waals surface area contributed by atoms with Crippen LogP contribution in [0.25, 0.3) is 0 Å². The second-order valence-electron chi connectivity index (χ2n) is 6.36. The van der Waals surface area contributed by atoms with Gasteiger partial charge in [-0.25, -0.2) is 0 Å². The number of hydrogen-bond acceptors (Lipinski definition) is 6. The lowest BCUT2D eigenvalue weighted by atomic mass is 9.78. The molecule has 1 heterocycles. The molecule has 0 aromatic heterocycles. The number of ether oxygens (including phenoxy) is 2. The molecule has 3 rings (SSSR count). The van der Waals surface area contributed by atoms with Gasteiger partial charge in [0.05, 0.1) is 35.4 Å². The molecule has 0 unspecified atom stereocenters. The highest BCUT2D eigenvalue weighted by Gasteiger charge is 2.44. The van der Waals surface area contributed by atoms with Crippen molar-refractivity contribution in [2.45, 2.75) is 5.92 Å². The summed E-state index contributed by atoms with van der Waals surface area (Å²) in [6.45, 7) is 0.322. The highest BCUT2D eigenvalue weighted by Crippen LogP contribution is 2.40. The van der Waals surface area contributed by atoms with E-state index in [9.17, 15) is 14.9 Å². The van der Waals surface area contributed by atoms with Crippen LogP contribution in [0.4, 0.5) is 0 Å². The van der Waals surface area contributed by atoms with Gasteiger partial charge in [0.2, 0.25) is 5.91 Å². The number of carbonyl (C=O) groups is 2. The summed E-state index contributed by atoms with van der Waals surface area (Å²) in [7, 11) is 1.23. The summed E-state index contributed by atoms with van der Waals surface area (Å²) >= 11 is 7.36. The second kappa shape index (κ2) is 10.2. The van der Waals surface area contributed by atoms with Gasteiger partial charge in [-0.05, 0) is 17.7 Å². The Labute approximate surface area is 183 Å². The van der Waals surface area contributed by atoms with Gasteiger partial charge in [0.15, 0.2) is 0 Å². The number of methoxy groups -OCH3 is 1. The van der Waals surface area contributed by atoms with Crippen molar-refractivity contribution in [1.82, 2.24) is 5.32 Å². The maximum atomic E-state index is 12.7. The molecule has 0 saturated carbocycles. The van der Waals surface area contributed by atoms with E-state index in [-0.39, 0.29) is 0 Å². The lowest BCUT2D eigenvalue weighted by Gasteiger charge is -2.30. The molecule has 0 radical (unpaired) electrons. The molecule has 8 heteroatoms. The summed E-state index contributed by atoms with van der Waals surface area (Å²) in [4.78, 5) is 25.1. The summed E-state index contributed by atoms with van der Waals surface area (Å²) in [5.74, 6) is -1.99. The van der Waals surface area contributed by atoms with Crippen LogP contribution in [0.3, 0.4) is 0 Å². The predicted molar refractivity (Wildman–Crippen MR) is 115 cm³/mol. The van der Waals surface area contributed by atoms with Crippen LogP contribution in [-0.4, -0.2) is 31.3 Å². The Kier molecular flexibility index (Phi) is 7.39. The normalized spacial score (nSPS) is 18.4. The van der Waals surface area contributed by atoms with Crippen molar-refractivity contribution < 1.29 is 19.1 Å². The van der Waals surface area contributed by atoms with Crippen LogP contribution >= 0.6 is 23.4 Å². The lowest BCUT2D eigenvalue weighted by molar-refractivity contribution is -0.150. The Morgan fingerprint density at radius 2 is 1.90 bits per heavy atom. The molecule has 0 saturated heterocycles. The topological polar surface area (TPSA) is 88.4 Å². The Balaban J connectivity index is 1.82. The number of nitriles is 1. The van der Waals surface area contributed by atoms with E-state index >= 15 is 0 Å². The maximum absolute atomic E-state index is 12.7. The molecule has 1 aliphatic rings. The molecule has 2 aromatic rings. The van der Waals surface area contributed by atoms with Crippen LogP contribution in [-0.2, 0) is 14.3 Å². The first-order valence-corrected chi connectivity index (χ1v) is 10.5. The molecule has 2 aromatic carbocycles. The molecule has 2 atom stereocenters. The molecule has 6 nitrogen and oxygen atoms in total. The number of para-hydroxylation sites is 1. The van der Waals surface area contributed by atoms with Gasteiger partial charge in [0, 0.05) is 11.7 Å². The fraction of sp³-hybridized carbons (Fsp3) is 0.227. The third kappa shape index (κ3) is 4.78. The van der Waals surface area contributed by atoms with Gasteiger partial charge in [-0.3, -0.25) is 9.59 Å². The van der Waals surface area contributed by atoms with Crippen LogP contribution < -0.4 is 10.1 Å². The molecule has 1 amide bonds. The van der Waals surface area contributed by atoms with E-state index < -0.39 is 23.7 Å². The highest BCUT2D eigenvalue weighted by molar-refractivity contribution is 8.03. The first kappa shape index (κ1) is 21.8. The van der Waals surface area contributed by atoms with E-state index in [2.05, 4.69) is 11.4 Å². The highest BCUT2D eigenvalue weighted by atomic mass is 35.5. The predicted octanol–water partition coefficient (Wildman–Crippen LogP) is 3.89. The van der Waals surface area contributed by atoms with E-state index in [1.807, 2.05) is 18.2 Å². The van der Waals surface area contributed by atoms with Crippen molar-refractivity contribution >= 4 is 35.2 Å². The lowest BCUT2D eigenvalue weighted by Crippen LogP contribution is -2.44. The van der Waals surface area contributed by atoms with Crippen molar-refractivity contribution in [1.29, 1.82) is 5.26 Å². The number of nitrogens with one attached hydrogen (secondary N) is 1. The van der Waals surface area contributed by atoms with Crippen molar-refractivity contribution in [2.75, 3.05) is 19.5 Å². The minimum atomic E-state index is -1.13. The molecule has 0 fully saturated rings. The number of rotatable bonds is 7. The number of esters is 1. The molecule has 1 aliphatic heterocycles. The van der Waals surface area contributed by atoms with Gasteiger partial charge in [0.1, 0.15) is 11.7 Å². The van der Waals surface area contributed by atoms with Crippen molar-refractivity contribution in [3.05, 3.63) is 75.8 Å². The van der Waals surface area contributed by atoms with Gasteiger partial charge in [0.25, 0.3) is 0 Å². The average molecular weight is 443 g/mol. The van der Waals surface area contributed by atoms with E-state index in [0.717, 1.165) is 0 Å². The second-order valence-corrected chi connectivity index (χ2v) is 7.87. The van der Waals surface area contributed by atoms with Gasteiger partial charge in [-0.1, -0.05) is 54.1 Å². The number of carbonyl (C=O) groups excluding carboxylic acids is 2. The minimum Gasteiger partial charge on any atom is -0.491 e. The molecular weight excluding hydrogens is 424 g/mol. The smallest absolute Gasteiger partial charge is 0.319 e. The quantitative estimate of drug-likeness (QED) is 0.397. The largest absolute Gasteiger partial charge is 0.491 e. The van der Waals surface area contributed by atoms with Gasteiger partial charge in [-0.15, -0.1) is 11.8 Å². The summed E-state index contributed by atoms with van der Waals surface area (Å²) in [6, 6.07) is 18.3. The summed E-state index contributed by atoms with van der Waals surface area (Å²) in [5, 5.41) is 13.5. The molecule has 0 aliphatic carbocycles. The monoisotopic (exact) mass is 442 g/mol. The SMILES string of the molecule is COC(=O)[C@@H]1C(=O)NC(SCCOc2ccccc2Cl)=C(C#N)[C@H]1c1ccccc1. The Morgan fingerprint density at radius 3 is 2.57 bits per heavy atom. The Morgan fingerprint density at radius 1 is 1.20 bits per heavy atom. The zero-order valence-electron chi connectivity index (χ0n) is 16.1. The van der Waals surface area contributed by atoms with Crippen LogP contribution in [0.15, 0.2) is 65.2 Å². The molecule has 30 heavy (non-hydrogen) atoms. The third-order valence-electron chi connectivity index (χ3n) is 4.57.